The molecule has 4 N–H and O–H groups in total. The van der Waals surface area contributed by atoms with Crippen molar-refractivity contribution in [2.45, 2.75) is 13.0 Å². The molecule has 0 spiro atoms. The van der Waals surface area contributed by atoms with E-state index in [-0.39, 0.29) is 6.04 Å². The molecular formula is C8H13N3. The minimum absolute atomic E-state index is 0.0574. The van der Waals surface area contributed by atoms with Crippen LogP contribution in [0.2, 0.25) is 0 Å². The smallest absolute Gasteiger partial charge is 0.0423 e. The molecule has 0 radical (unpaired) electrons. The summed E-state index contributed by atoms with van der Waals surface area (Å²) in [5.74, 6) is 0. The van der Waals surface area contributed by atoms with Gasteiger partial charge in [0.25, 0.3) is 0 Å². The highest BCUT2D eigenvalue weighted by molar-refractivity contribution is 5.24. The maximum atomic E-state index is 5.74. The Hall–Kier alpha value is -0.930. The van der Waals surface area contributed by atoms with Crippen LogP contribution in [-0.4, -0.2) is 11.5 Å². The maximum absolute atomic E-state index is 5.74. The van der Waals surface area contributed by atoms with E-state index in [1.807, 2.05) is 13.0 Å². The molecule has 0 aliphatic rings. The monoisotopic (exact) mass is 151 g/mol. The van der Waals surface area contributed by atoms with Crippen molar-refractivity contribution in [1.29, 1.82) is 0 Å². The Morgan fingerprint density at radius 1 is 1.64 bits per heavy atom. The van der Waals surface area contributed by atoms with Crippen molar-refractivity contribution in [1.82, 2.24) is 4.98 Å². The van der Waals surface area contributed by atoms with Crippen molar-refractivity contribution in [3.05, 3.63) is 29.6 Å². The molecule has 0 saturated heterocycles. The lowest BCUT2D eigenvalue weighted by atomic mass is 10.1. The van der Waals surface area contributed by atoms with Gasteiger partial charge in [0, 0.05) is 25.0 Å². The molecule has 0 saturated carbocycles. The SMILES string of the molecule is Cc1cnccc1[C@H](N)CN. The van der Waals surface area contributed by atoms with Gasteiger partial charge in [-0.15, -0.1) is 0 Å². The highest BCUT2D eigenvalue weighted by atomic mass is 14.7. The summed E-state index contributed by atoms with van der Waals surface area (Å²) in [5.41, 5.74) is 13.4. The molecule has 0 aromatic carbocycles. The highest BCUT2D eigenvalue weighted by Gasteiger charge is 2.04. The van der Waals surface area contributed by atoms with Gasteiger partial charge in [0.1, 0.15) is 0 Å². The third-order valence-electron chi connectivity index (χ3n) is 1.72. The van der Waals surface area contributed by atoms with Gasteiger partial charge in [0.2, 0.25) is 0 Å². The van der Waals surface area contributed by atoms with E-state index >= 15 is 0 Å². The van der Waals surface area contributed by atoms with Crippen LogP contribution in [0.25, 0.3) is 0 Å². The van der Waals surface area contributed by atoms with Gasteiger partial charge in [-0.25, -0.2) is 0 Å². The molecule has 1 atom stereocenters. The van der Waals surface area contributed by atoms with Crippen molar-refractivity contribution in [2.75, 3.05) is 6.54 Å². The van der Waals surface area contributed by atoms with E-state index in [9.17, 15) is 0 Å². The molecule has 3 nitrogen and oxygen atoms in total. The van der Waals surface area contributed by atoms with Crippen LogP contribution in [0.1, 0.15) is 17.2 Å². The topological polar surface area (TPSA) is 64.9 Å². The van der Waals surface area contributed by atoms with Gasteiger partial charge >= 0.3 is 0 Å². The molecule has 0 amide bonds. The molecular weight excluding hydrogens is 138 g/mol. The van der Waals surface area contributed by atoms with Crippen molar-refractivity contribution in [3.63, 3.8) is 0 Å². The summed E-state index contributed by atoms with van der Waals surface area (Å²) in [6.07, 6.45) is 3.53. The lowest BCUT2D eigenvalue weighted by Gasteiger charge is -2.10. The van der Waals surface area contributed by atoms with Crippen LogP contribution < -0.4 is 11.5 Å². The van der Waals surface area contributed by atoms with Crippen molar-refractivity contribution < 1.29 is 0 Å². The first-order valence-corrected chi connectivity index (χ1v) is 3.62. The standard InChI is InChI=1S/C8H13N3/c1-6-5-11-3-2-7(6)8(10)4-9/h2-3,5,8H,4,9-10H2,1H3/t8-/m1/s1. The predicted molar refractivity (Wildman–Crippen MR) is 45.0 cm³/mol. The molecule has 0 aliphatic carbocycles. The molecule has 0 unspecified atom stereocenters. The summed E-state index contributed by atoms with van der Waals surface area (Å²) in [6.45, 7) is 2.46. The molecule has 11 heavy (non-hydrogen) atoms. The summed E-state index contributed by atoms with van der Waals surface area (Å²) in [6, 6.07) is 1.85. The lowest BCUT2D eigenvalue weighted by molar-refractivity contribution is 0.729. The number of hydrogen-bond donors (Lipinski definition) is 2. The van der Waals surface area contributed by atoms with Crippen LogP contribution >= 0.6 is 0 Å². The number of nitrogens with zero attached hydrogens (tertiary/aromatic N) is 1. The van der Waals surface area contributed by atoms with Crippen molar-refractivity contribution >= 4 is 0 Å². The predicted octanol–water partition coefficient (Wildman–Crippen LogP) is 0.349. The fraction of sp³-hybridized carbons (Fsp3) is 0.375. The van der Waals surface area contributed by atoms with Gasteiger partial charge < -0.3 is 11.5 Å². The Kier molecular flexibility index (Phi) is 2.57. The average molecular weight is 151 g/mol. The first-order chi connectivity index (χ1) is 5.25. The summed E-state index contributed by atoms with van der Waals surface area (Å²) >= 11 is 0. The third-order valence-corrected chi connectivity index (χ3v) is 1.72. The Morgan fingerprint density at radius 3 is 2.91 bits per heavy atom. The summed E-state index contributed by atoms with van der Waals surface area (Å²) < 4.78 is 0. The second-order valence-corrected chi connectivity index (χ2v) is 2.57. The summed E-state index contributed by atoms with van der Waals surface area (Å²) in [7, 11) is 0. The zero-order valence-corrected chi connectivity index (χ0v) is 6.62. The fourth-order valence-electron chi connectivity index (χ4n) is 1.03. The average Bonchev–Trinajstić information content (AvgIpc) is 2.04. The molecule has 60 valence electrons. The molecule has 1 aromatic heterocycles. The number of rotatable bonds is 2. The normalized spacial score (nSPS) is 13.0. The van der Waals surface area contributed by atoms with Crippen molar-refractivity contribution in [3.8, 4) is 0 Å². The molecule has 1 rings (SSSR count). The van der Waals surface area contributed by atoms with Crippen LogP contribution in [0.5, 0.6) is 0 Å². The van der Waals surface area contributed by atoms with Gasteiger partial charge in [-0.1, -0.05) is 0 Å². The number of hydrogen-bond acceptors (Lipinski definition) is 3. The summed E-state index contributed by atoms with van der Waals surface area (Å²) in [5, 5.41) is 0. The number of aryl methyl sites for hydroxylation is 1. The second-order valence-electron chi connectivity index (χ2n) is 2.57. The Labute approximate surface area is 66.4 Å². The highest BCUT2D eigenvalue weighted by Crippen LogP contribution is 2.11. The molecule has 1 heterocycles. The van der Waals surface area contributed by atoms with E-state index in [1.165, 1.54) is 0 Å². The minimum Gasteiger partial charge on any atom is -0.329 e. The quantitative estimate of drug-likeness (QED) is 0.641. The number of aromatic nitrogens is 1. The van der Waals surface area contributed by atoms with Crippen LogP contribution in [0.3, 0.4) is 0 Å². The fourth-order valence-corrected chi connectivity index (χ4v) is 1.03. The van der Waals surface area contributed by atoms with Crippen LogP contribution in [0, 0.1) is 6.92 Å². The van der Waals surface area contributed by atoms with E-state index in [1.54, 1.807) is 12.4 Å². The van der Waals surface area contributed by atoms with Gasteiger partial charge in [-0.2, -0.15) is 0 Å². The van der Waals surface area contributed by atoms with Crippen LogP contribution in [0.4, 0.5) is 0 Å². The molecule has 0 bridgehead atoms. The van der Waals surface area contributed by atoms with E-state index in [2.05, 4.69) is 4.98 Å². The van der Waals surface area contributed by atoms with Crippen LogP contribution in [0.15, 0.2) is 18.5 Å². The number of nitrogens with two attached hydrogens (primary N) is 2. The Morgan fingerprint density at radius 2 is 2.36 bits per heavy atom. The Bertz CT molecular complexity index is 235. The zero-order chi connectivity index (χ0) is 8.27. The van der Waals surface area contributed by atoms with Gasteiger partial charge in [-0.3, -0.25) is 4.98 Å². The van der Waals surface area contributed by atoms with E-state index < -0.39 is 0 Å². The molecule has 3 heteroatoms. The number of pyridine rings is 1. The Balaban J connectivity index is 2.93. The minimum atomic E-state index is -0.0574. The zero-order valence-electron chi connectivity index (χ0n) is 6.62. The first-order valence-electron chi connectivity index (χ1n) is 3.62. The van der Waals surface area contributed by atoms with Gasteiger partial charge in [0.15, 0.2) is 0 Å². The lowest BCUT2D eigenvalue weighted by Crippen LogP contribution is -2.21. The third kappa shape index (κ3) is 1.76. The summed E-state index contributed by atoms with van der Waals surface area (Å²) in [4.78, 5) is 3.97. The maximum Gasteiger partial charge on any atom is 0.0423 e. The molecule has 0 fully saturated rings. The largest absolute Gasteiger partial charge is 0.329 e. The van der Waals surface area contributed by atoms with E-state index in [0.29, 0.717) is 6.54 Å². The van der Waals surface area contributed by atoms with Crippen LogP contribution in [-0.2, 0) is 0 Å². The molecule has 1 aromatic rings. The van der Waals surface area contributed by atoms with Gasteiger partial charge in [0.05, 0.1) is 0 Å². The first kappa shape index (κ1) is 8.17. The second kappa shape index (κ2) is 3.46. The van der Waals surface area contributed by atoms with Crippen molar-refractivity contribution in [2.24, 2.45) is 11.5 Å². The van der Waals surface area contributed by atoms with Gasteiger partial charge in [-0.05, 0) is 24.1 Å². The van der Waals surface area contributed by atoms with E-state index in [0.717, 1.165) is 11.1 Å². The molecule has 0 aliphatic heterocycles. The van der Waals surface area contributed by atoms with E-state index in [4.69, 9.17) is 11.5 Å².